The predicted octanol–water partition coefficient (Wildman–Crippen LogP) is 24.7. The number of fused-ring (bicyclic) bond motifs is 14. The molecule has 0 fully saturated rings. The van der Waals surface area contributed by atoms with E-state index in [1.165, 1.54) is 0 Å². The zero-order chi connectivity index (χ0) is 72.1. The second-order valence-corrected chi connectivity index (χ2v) is 25.8. The first-order chi connectivity index (χ1) is 51.7. The number of hydrogen-bond donors (Lipinski definition) is 0. The number of thiophene rings is 2. The highest BCUT2D eigenvalue weighted by atomic mass is 32.1. The fourth-order valence-corrected chi connectivity index (χ4v) is 16.6. The summed E-state index contributed by atoms with van der Waals surface area (Å²) in [6, 6.07) is 81.2. The lowest BCUT2D eigenvalue weighted by Gasteiger charge is -2.25. The molecule has 0 atom stereocenters. The van der Waals surface area contributed by atoms with Crippen LogP contribution in [0.2, 0.25) is 0 Å². The Morgan fingerprint density at radius 1 is 0.312 bits per heavy atom. The Kier molecular flexibility index (Phi) is 10.7. The van der Waals surface area contributed by atoms with Crippen LogP contribution in [0, 0.1) is 6.57 Å². The van der Waals surface area contributed by atoms with Crippen LogP contribution in [0.4, 0.5) is 5.69 Å². The third kappa shape index (κ3) is 8.94. The van der Waals surface area contributed by atoms with Crippen LogP contribution in [0.25, 0.3) is 190 Å². The van der Waals surface area contributed by atoms with Gasteiger partial charge in [-0.2, -0.15) is 0 Å². The van der Waals surface area contributed by atoms with Gasteiger partial charge in [0.1, 0.15) is 0 Å². The van der Waals surface area contributed by atoms with Crippen molar-refractivity contribution in [2.45, 2.75) is 0 Å². The highest BCUT2D eigenvalue weighted by molar-refractivity contribution is 7.27. The van der Waals surface area contributed by atoms with Gasteiger partial charge in [0.2, 0.25) is 5.69 Å². The number of hydrogen-bond acceptors (Lipinski definition) is 5. The number of benzene rings is 14. The van der Waals surface area contributed by atoms with Crippen molar-refractivity contribution >= 4 is 112 Å². The summed E-state index contributed by atoms with van der Waals surface area (Å²) in [5.74, 6) is -1.07. The third-order valence-electron chi connectivity index (χ3n) is 18.4. The average molecular weight is 1270 g/mol. The molecule has 0 radical (unpaired) electrons. The van der Waals surface area contributed by atoms with E-state index in [-0.39, 0.29) is 17.1 Å². The molecule has 0 aliphatic carbocycles. The summed E-state index contributed by atoms with van der Waals surface area (Å²) in [4.78, 5) is 19.7. The molecule has 0 amide bonds. The fourth-order valence-electron chi connectivity index (χ4n) is 14.1. The van der Waals surface area contributed by atoms with Crippen LogP contribution in [0.1, 0.15) is 13.7 Å². The lowest BCUT2D eigenvalue weighted by molar-refractivity contribution is 1.07. The SMILES string of the molecule is [2H]c1c([2H])c([2H])c(-c2nc(-c3cc([N+]#[C-])c(-n4c5ccc(-c6ccccc6)cc5c5c6sc7ccc(-c8ccccc8)cc7c6ccc54)c(-n4c5ccc(-c6ccccc6)cc5c5c6sc7ccc(-c8ccccc8)cc7c6ccc54)c3-c3ccccc3)nc(-c3c([2H])c([2H])c([2H])c([2H])c3[2H])n2)c([2H])c1[2H]. The molecular formula is C88H52N6S2. The van der Waals surface area contributed by atoms with Crippen molar-refractivity contribution in [2.75, 3.05) is 0 Å². The molecule has 19 aromatic rings. The molecule has 0 unspecified atom stereocenters. The fraction of sp³-hybridized carbons (Fsp3) is 0. The van der Waals surface area contributed by atoms with Crippen LogP contribution in [-0.2, 0) is 0 Å². The maximum atomic E-state index is 9.84. The smallest absolute Gasteiger partial charge is 0.213 e. The van der Waals surface area contributed by atoms with Gasteiger partial charge in [-0.1, -0.05) is 248 Å². The molecule has 6 nitrogen and oxygen atoms in total. The second-order valence-electron chi connectivity index (χ2n) is 23.7. The maximum Gasteiger partial charge on any atom is 0.213 e. The molecule has 0 spiro atoms. The van der Waals surface area contributed by atoms with Crippen molar-refractivity contribution in [2.24, 2.45) is 0 Å². The van der Waals surface area contributed by atoms with Crippen LogP contribution >= 0.6 is 22.7 Å². The molecule has 19 rings (SSSR count). The van der Waals surface area contributed by atoms with Gasteiger partial charge in [-0.3, -0.25) is 0 Å². The highest BCUT2D eigenvalue weighted by Gasteiger charge is 2.32. The molecule has 5 heterocycles. The summed E-state index contributed by atoms with van der Waals surface area (Å²) < 4.78 is 99.4. The minimum absolute atomic E-state index is 0.126. The van der Waals surface area contributed by atoms with Gasteiger partial charge in [0.05, 0.1) is 53.7 Å². The Morgan fingerprint density at radius 2 is 0.677 bits per heavy atom. The van der Waals surface area contributed by atoms with E-state index in [0.29, 0.717) is 22.5 Å². The van der Waals surface area contributed by atoms with E-state index in [1.54, 1.807) is 28.7 Å². The molecule has 0 saturated heterocycles. The van der Waals surface area contributed by atoms with Crippen LogP contribution in [0.5, 0.6) is 0 Å². The minimum atomic E-state index is -0.674. The lowest BCUT2D eigenvalue weighted by Crippen LogP contribution is -2.09. The van der Waals surface area contributed by atoms with E-state index < -0.39 is 83.2 Å². The first-order valence-corrected chi connectivity index (χ1v) is 33.0. The predicted molar refractivity (Wildman–Crippen MR) is 404 cm³/mol. The molecule has 5 aromatic heterocycles. The van der Waals surface area contributed by atoms with Gasteiger partial charge < -0.3 is 9.13 Å². The van der Waals surface area contributed by atoms with Crippen molar-refractivity contribution in [1.82, 2.24) is 24.1 Å². The van der Waals surface area contributed by atoms with Gasteiger partial charge in [-0.25, -0.2) is 19.8 Å². The van der Waals surface area contributed by atoms with Crippen LogP contribution < -0.4 is 0 Å². The highest BCUT2D eigenvalue weighted by Crippen LogP contribution is 2.54. The molecule has 0 saturated carbocycles. The summed E-state index contributed by atoms with van der Waals surface area (Å²) in [7, 11) is 0. The quantitative estimate of drug-likeness (QED) is 0.128. The van der Waals surface area contributed by atoms with E-state index in [4.69, 9.17) is 23.2 Å². The molecule has 8 heteroatoms. The Labute approximate surface area is 574 Å². The van der Waals surface area contributed by atoms with E-state index in [2.05, 4.69) is 172 Å². The van der Waals surface area contributed by atoms with Crippen LogP contribution in [-0.4, -0.2) is 24.1 Å². The molecule has 0 N–H and O–H groups in total. The first kappa shape index (κ1) is 45.8. The average Bonchev–Trinajstić information content (AvgIpc) is 1.51. The van der Waals surface area contributed by atoms with E-state index in [9.17, 15) is 12.1 Å². The van der Waals surface area contributed by atoms with Gasteiger partial charge in [-0.05, 0) is 117 Å². The summed E-state index contributed by atoms with van der Waals surface area (Å²) in [6.07, 6.45) is 0. The largest absolute Gasteiger partial charge is 0.317 e. The Bertz CT molecular complexity index is 6870. The van der Waals surface area contributed by atoms with E-state index in [1.807, 2.05) is 91.0 Å². The summed E-state index contributed by atoms with van der Waals surface area (Å²) in [5, 5.41) is 8.10. The number of aromatic nitrogens is 5. The minimum Gasteiger partial charge on any atom is -0.317 e. The molecule has 96 heavy (non-hydrogen) atoms. The zero-order valence-corrected chi connectivity index (χ0v) is 52.4. The topological polar surface area (TPSA) is 52.9 Å². The Balaban J connectivity index is 1.02. The monoisotopic (exact) mass is 1270 g/mol. The molecule has 14 aromatic carbocycles. The summed E-state index contributed by atoms with van der Waals surface area (Å²) in [6.45, 7) is 9.84. The molecule has 0 aliphatic heterocycles. The first-order valence-electron chi connectivity index (χ1n) is 36.4. The maximum absolute atomic E-state index is 9.84. The molecular weight excluding hydrogens is 1210 g/mol. The lowest BCUT2D eigenvalue weighted by atomic mass is 9.93. The van der Waals surface area contributed by atoms with Gasteiger partial charge >= 0.3 is 0 Å². The van der Waals surface area contributed by atoms with Crippen molar-refractivity contribution in [3.63, 3.8) is 0 Å². The molecule has 446 valence electrons. The van der Waals surface area contributed by atoms with Crippen molar-refractivity contribution in [1.29, 1.82) is 0 Å². The number of nitrogens with zero attached hydrogens (tertiary/aromatic N) is 6. The zero-order valence-electron chi connectivity index (χ0n) is 60.7. The van der Waals surface area contributed by atoms with Gasteiger partial charge in [0.15, 0.2) is 17.5 Å². The van der Waals surface area contributed by atoms with E-state index >= 15 is 0 Å². The third-order valence-corrected chi connectivity index (χ3v) is 20.8. The van der Waals surface area contributed by atoms with Crippen LogP contribution in [0.3, 0.4) is 0 Å². The van der Waals surface area contributed by atoms with Crippen molar-refractivity contribution < 1.29 is 13.7 Å². The van der Waals surface area contributed by atoms with Crippen LogP contribution in [0.15, 0.2) is 315 Å². The summed E-state index contributed by atoms with van der Waals surface area (Å²) in [5.41, 5.74) is 13.1. The number of rotatable bonds is 10. The Morgan fingerprint density at radius 3 is 1.09 bits per heavy atom. The second kappa shape index (κ2) is 22.4. The summed E-state index contributed by atoms with van der Waals surface area (Å²) >= 11 is 3.44. The van der Waals surface area contributed by atoms with E-state index in [0.717, 1.165) is 128 Å². The Hall–Kier alpha value is -12.4. The van der Waals surface area contributed by atoms with Gasteiger partial charge in [-0.15, -0.1) is 22.7 Å². The van der Waals surface area contributed by atoms with Gasteiger partial charge in [0.25, 0.3) is 0 Å². The standard InChI is InChI=1S/C88H52N6S2/c1-89-72-53-71(88-91-86(59-33-19-7-20-34-59)90-87(92-88)60-35-21-8-22-36-60)79(58-31-17-6-18-32-58)83(94-74-44-38-62(55-25-11-3-12-26-55)52-70(74)81-76(94)46-42-66-68-50-64(57-29-15-5-16-30-57)40-48-78(68)96-85(66)81)82(72)93-73-43-37-61(54-23-9-2-10-24-54)51-69(73)80-75(93)45-41-65-67-49-63(56-27-13-4-14-28-56)39-47-77(67)95-84(65)80/h2-53H/i7D,8D,19D,20D,21D,22D,33D,34D,35D,36D. The van der Waals surface area contributed by atoms with Crippen molar-refractivity contribution in [3.8, 4) is 101 Å². The van der Waals surface area contributed by atoms with Crippen molar-refractivity contribution in [3.05, 3.63) is 327 Å². The molecule has 0 bridgehead atoms. The molecule has 0 aliphatic rings. The normalized spacial score (nSPS) is 13.2. The van der Waals surface area contributed by atoms with Gasteiger partial charge in [0, 0.05) is 84.1 Å².